The van der Waals surface area contributed by atoms with Crippen molar-refractivity contribution in [3.8, 4) is 34.9 Å². The number of allylic oxidation sites excluding steroid dienone is 2. The summed E-state index contributed by atoms with van der Waals surface area (Å²) in [4.78, 5) is 13.5. The normalized spacial score (nSPS) is 11.4. The van der Waals surface area contributed by atoms with Gasteiger partial charge in [0.25, 0.3) is 0 Å². The highest BCUT2D eigenvalue weighted by Crippen LogP contribution is 2.32. The molecule has 0 atom stereocenters. The van der Waals surface area contributed by atoms with Crippen LogP contribution in [0.5, 0.6) is 11.6 Å². The molecule has 0 bridgehead atoms. The molecule has 1 aromatic carbocycles. The van der Waals surface area contributed by atoms with Crippen molar-refractivity contribution in [1.29, 1.82) is 5.41 Å². The van der Waals surface area contributed by atoms with Crippen LogP contribution in [0.25, 0.3) is 11.4 Å². The first-order valence-electron chi connectivity index (χ1n) is 11.1. The Morgan fingerprint density at radius 2 is 2.03 bits per heavy atom. The Kier molecular flexibility index (Phi) is 8.83. The lowest BCUT2D eigenvalue weighted by Gasteiger charge is -2.11. The lowest BCUT2D eigenvalue weighted by molar-refractivity contribution is 0.432. The predicted molar refractivity (Wildman–Crippen MR) is 136 cm³/mol. The third-order valence-electron chi connectivity index (χ3n) is 4.82. The second-order valence-electron chi connectivity index (χ2n) is 7.36. The van der Waals surface area contributed by atoms with Crippen LogP contribution >= 0.6 is 0 Å². The number of ether oxygens (including phenoxy) is 1. The van der Waals surface area contributed by atoms with Crippen molar-refractivity contribution >= 4 is 11.9 Å². The Bertz CT molecular complexity index is 1240. The summed E-state index contributed by atoms with van der Waals surface area (Å²) in [7, 11) is 1.81. The average Bonchev–Trinajstić information content (AvgIpc) is 3.21. The van der Waals surface area contributed by atoms with E-state index >= 15 is 0 Å². The van der Waals surface area contributed by atoms with Gasteiger partial charge in [-0.25, -0.2) is 14.6 Å². The van der Waals surface area contributed by atoms with E-state index in [4.69, 9.17) is 15.9 Å². The molecule has 174 valence electrons. The Balaban J connectivity index is 1.96. The molecule has 8 nitrogen and oxygen atoms in total. The molecule has 2 heterocycles. The molecule has 0 saturated heterocycles. The van der Waals surface area contributed by atoms with Crippen molar-refractivity contribution in [2.75, 3.05) is 13.1 Å². The fourth-order valence-corrected chi connectivity index (χ4v) is 3.15. The maximum atomic E-state index is 7.64. The van der Waals surface area contributed by atoms with Crippen LogP contribution in [-0.4, -0.2) is 44.8 Å². The summed E-state index contributed by atoms with van der Waals surface area (Å²) < 4.78 is 7.91. The summed E-state index contributed by atoms with van der Waals surface area (Å²) in [5.41, 5.74) is 9.42. The number of hydrogen-bond donors (Lipinski definition) is 2. The van der Waals surface area contributed by atoms with Gasteiger partial charge in [-0.15, -0.1) is 5.92 Å². The van der Waals surface area contributed by atoms with Gasteiger partial charge in [0.1, 0.15) is 18.0 Å². The first-order chi connectivity index (χ1) is 16.6. The number of hydrogen-bond acceptors (Lipinski definition) is 7. The van der Waals surface area contributed by atoms with E-state index in [-0.39, 0.29) is 0 Å². The van der Waals surface area contributed by atoms with Crippen molar-refractivity contribution in [2.45, 2.75) is 26.7 Å². The molecular formula is C26H29N7O. The van der Waals surface area contributed by atoms with Crippen LogP contribution in [0.3, 0.4) is 0 Å². The molecule has 3 N–H and O–H groups in total. The molecule has 34 heavy (non-hydrogen) atoms. The third-order valence-corrected chi connectivity index (χ3v) is 4.82. The molecule has 0 unspecified atom stereocenters. The fraction of sp³-hybridized carbons (Fsp3) is 0.269. The first-order valence-corrected chi connectivity index (χ1v) is 11.1. The Hall–Kier alpha value is -4.09. The zero-order valence-electron chi connectivity index (χ0n) is 19.7. The fourth-order valence-electron chi connectivity index (χ4n) is 3.15. The van der Waals surface area contributed by atoms with E-state index in [0.29, 0.717) is 53.8 Å². The van der Waals surface area contributed by atoms with Crippen molar-refractivity contribution < 1.29 is 4.74 Å². The predicted octanol–water partition coefficient (Wildman–Crippen LogP) is 3.95. The van der Waals surface area contributed by atoms with Crippen molar-refractivity contribution in [1.82, 2.24) is 19.7 Å². The van der Waals surface area contributed by atoms with Gasteiger partial charge >= 0.3 is 0 Å². The third kappa shape index (κ3) is 6.24. The van der Waals surface area contributed by atoms with E-state index < -0.39 is 0 Å². The number of nitrogens with zero attached hydrogens (tertiary/aromatic N) is 5. The zero-order valence-corrected chi connectivity index (χ0v) is 19.7. The number of aryl methyl sites for hydroxylation is 1. The molecule has 0 spiro atoms. The summed E-state index contributed by atoms with van der Waals surface area (Å²) in [5.74, 6) is 7.63. The summed E-state index contributed by atoms with van der Waals surface area (Å²) >= 11 is 0. The monoisotopic (exact) mass is 455 g/mol. The Morgan fingerprint density at radius 1 is 1.24 bits per heavy atom. The lowest BCUT2D eigenvalue weighted by Crippen LogP contribution is -2.04. The van der Waals surface area contributed by atoms with E-state index in [2.05, 4.69) is 31.9 Å². The average molecular weight is 456 g/mol. The van der Waals surface area contributed by atoms with Gasteiger partial charge < -0.3 is 15.9 Å². The zero-order chi connectivity index (χ0) is 24.3. The molecule has 0 saturated carbocycles. The quantitative estimate of drug-likeness (QED) is 0.374. The second-order valence-corrected chi connectivity index (χ2v) is 7.36. The van der Waals surface area contributed by atoms with Crippen LogP contribution < -0.4 is 10.5 Å². The molecule has 0 aliphatic heterocycles. The molecule has 3 rings (SSSR count). The van der Waals surface area contributed by atoms with Crippen LogP contribution in [0, 0.1) is 17.3 Å². The maximum absolute atomic E-state index is 7.64. The summed E-state index contributed by atoms with van der Waals surface area (Å²) in [6, 6.07) is 7.30. The molecule has 8 heteroatoms. The van der Waals surface area contributed by atoms with Gasteiger partial charge in [-0.1, -0.05) is 25.0 Å². The summed E-state index contributed by atoms with van der Waals surface area (Å²) in [6.45, 7) is 4.88. The largest absolute Gasteiger partial charge is 0.438 e. The van der Waals surface area contributed by atoms with Crippen molar-refractivity contribution in [3.05, 3.63) is 65.6 Å². The molecule has 2 aromatic heterocycles. The van der Waals surface area contributed by atoms with Gasteiger partial charge in [0.05, 0.1) is 11.3 Å². The molecule has 0 aliphatic rings. The van der Waals surface area contributed by atoms with E-state index in [1.807, 2.05) is 44.2 Å². The summed E-state index contributed by atoms with van der Waals surface area (Å²) in [5, 5.41) is 12.2. The van der Waals surface area contributed by atoms with Crippen molar-refractivity contribution in [3.63, 3.8) is 0 Å². The standard InChI is InChI=1S/C26H29N7O/c1-4-6-7-13-29-22(8-5-2)23-15-25(33(3)32-23)34-24-14-19(16-28)9-10-21(24)26-30-17-20(11-12-27)18-31-26/h5,8-10,14-18,28H,4,11-13,27H2,1-3H3/b8-5-,28-16?,29-22?. The number of aromatic nitrogens is 4. The van der Waals surface area contributed by atoms with Crippen LogP contribution in [0.2, 0.25) is 0 Å². The first kappa shape index (κ1) is 24.6. The Morgan fingerprint density at radius 3 is 2.71 bits per heavy atom. The van der Waals surface area contributed by atoms with Crippen LogP contribution in [0.15, 0.2) is 53.8 Å². The van der Waals surface area contributed by atoms with Crippen LogP contribution in [0.1, 0.15) is 37.1 Å². The van der Waals surface area contributed by atoms with E-state index in [0.717, 1.165) is 17.7 Å². The molecule has 0 aliphatic carbocycles. The molecule has 3 aromatic rings. The number of nitrogens with two attached hydrogens (primary N) is 1. The van der Waals surface area contributed by atoms with Crippen LogP contribution in [-0.2, 0) is 13.5 Å². The molecular weight excluding hydrogens is 426 g/mol. The highest BCUT2D eigenvalue weighted by molar-refractivity contribution is 6.07. The lowest BCUT2D eigenvalue weighted by atomic mass is 10.1. The van der Waals surface area contributed by atoms with Gasteiger partial charge in [-0.2, -0.15) is 5.10 Å². The van der Waals surface area contributed by atoms with E-state index in [1.165, 1.54) is 6.21 Å². The highest BCUT2D eigenvalue weighted by atomic mass is 16.5. The number of rotatable bonds is 9. The summed E-state index contributed by atoms with van der Waals surface area (Å²) in [6.07, 6.45) is 10.1. The molecule has 0 amide bonds. The van der Waals surface area contributed by atoms with Crippen molar-refractivity contribution in [2.24, 2.45) is 17.8 Å². The molecule has 0 fully saturated rings. The van der Waals surface area contributed by atoms with Crippen LogP contribution in [0.4, 0.5) is 0 Å². The van der Waals surface area contributed by atoms with Gasteiger partial charge in [-0.3, -0.25) is 4.99 Å². The smallest absolute Gasteiger partial charge is 0.218 e. The minimum absolute atomic E-state index is 0.406. The van der Waals surface area contributed by atoms with Gasteiger partial charge in [0.15, 0.2) is 5.82 Å². The van der Waals surface area contributed by atoms with E-state index in [9.17, 15) is 0 Å². The maximum Gasteiger partial charge on any atom is 0.218 e. The topological polar surface area (TPSA) is 115 Å². The van der Waals surface area contributed by atoms with Gasteiger partial charge in [-0.05, 0) is 49.2 Å². The van der Waals surface area contributed by atoms with Gasteiger partial charge in [0, 0.05) is 38.1 Å². The Labute approximate surface area is 200 Å². The second kappa shape index (κ2) is 12.2. The minimum Gasteiger partial charge on any atom is -0.438 e. The minimum atomic E-state index is 0.406. The SMILES string of the molecule is C/C=C\C(=NCC#CCC)c1cc(Oc2cc(C=N)ccc2-c2ncc(CCN)cn2)n(C)n1. The number of benzene rings is 1. The van der Waals surface area contributed by atoms with Gasteiger partial charge in [0.2, 0.25) is 5.88 Å². The highest BCUT2D eigenvalue weighted by Gasteiger charge is 2.15. The number of aliphatic imine (C=N–C) groups is 1. The molecule has 0 radical (unpaired) electrons. The van der Waals surface area contributed by atoms with E-state index in [1.54, 1.807) is 30.2 Å². The number of nitrogens with one attached hydrogen (secondary N) is 1.